The zero-order valence-corrected chi connectivity index (χ0v) is 10.7. The Kier molecular flexibility index (Phi) is 4.30. The highest BCUT2D eigenvalue weighted by atomic mass is 32.2. The molecule has 1 fully saturated rings. The van der Waals surface area contributed by atoms with Crippen molar-refractivity contribution in [1.82, 2.24) is 0 Å². The minimum absolute atomic E-state index is 0.300. The predicted molar refractivity (Wildman–Crippen MR) is 69.8 cm³/mol. The SMILES string of the molecule is CC[C@H](O)c1ccc(SC2CCCC2)cc1. The van der Waals surface area contributed by atoms with Gasteiger partial charge in [-0.2, -0.15) is 0 Å². The van der Waals surface area contributed by atoms with Gasteiger partial charge in [0.1, 0.15) is 0 Å². The average Bonchev–Trinajstić information content (AvgIpc) is 2.82. The van der Waals surface area contributed by atoms with Gasteiger partial charge in [-0.25, -0.2) is 0 Å². The number of aliphatic hydroxyl groups excluding tert-OH is 1. The molecule has 1 nitrogen and oxygen atoms in total. The maximum atomic E-state index is 9.70. The van der Waals surface area contributed by atoms with Crippen molar-refractivity contribution in [3.63, 3.8) is 0 Å². The number of aliphatic hydroxyl groups is 1. The molecule has 1 aromatic rings. The maximum absolute atomic E-state index is 9.70. The largest absolute Gasteiger partial charge is 0.388 e. The van der Waals surface area contributed by atoms with Crippen molar-refractivity contribution in [1.29, 1.82) is 0 Å². The lowest BCUT2D eigenvalue weighted by molar-refractivity contribution is 0.173. The summed E-state index contributed by atoms with van der Waals surface area (Å²) in [6, 6.07) is 8.42. The topological polar surface area (TPSA) is 20.2 Å². The highest BCUT2D eigenvalue weighted by Gasteiger charge is 2.16. The Morgan fingerprint density at radius 3 is 2.44 bits per heavy atom. The average molecular weight is 236 g/mol. The van der Waals surface area contributed by atoms with Crippen LogP contribution in [0.2, 0.25) is 0 Å². The summed E-state index contributed by atoms with van der Waals surface area (Å²) in [7, 11) is 0. The van der Waals surface area contributed by atoms with Crippen molar-refractivity contribution in [2.24, 2.45) is 0 Å². The maximum Gasteiger partial charge on any atom is 0.0787 e. The van der Waals surface area contributed by atoms with Crippen molar-refractivity contribution in [2.75, 3.05) is 0 Å². The second-order valence-electron chi connectivity index (χ2n) is 4.52. The summed E-state index contributed by atoms with van der Waals surface area (Å²) in [4.78, 5) is 1.35. The Bertz CT molecular complexity index is 314. The van der Waals surface area contributed by atoms with Gasteiger partial charge in [0, 0.05) is 10.1 Å². The van der Waals surface area contributed by atoms with Crippen molar-refractivity contribution in [3.8, 4) is 0 Å². The Hall–Kier alpha value is -0.470. The van der Waals surface area contributed by atoms with Crippen molar-refractivity contribution in [3.05, 3.63) is 29.8 Å². The molecule has 1 N–H and O–H groups in total. The van der Waals surface area contributed by atoms with E-state index in [-0.39, 0.29) is 6.10 Å². The second-order valence-corrected chi connectivity index (χ2v) is 5.89. The van der Waals surface area contributed by atoms with E-state index in [1.807, 2.05) is 18.7 Å². The van der Waals surface area contributed by atoms with E-state index in [0.717, 1.165) is 17.2 Å². The third kappa shape index (κ3) is 3.02. The van der Waals surface area contributed by atoms with E-state index < -0.39 is 0 Å². The highest BCUT2D eigenvalue weighted by molar-refractivity contribution is 8.00. The molecular formula is C14H20OS. The first-order valence-corrected chi connectivity index (χ1v) is 7.12. The van der Waals surface area contributed by atoms with Crippen molar-refractivity contribution >= 4 is 11.8 Å². The fraction of sp³-hybridized carbons (Fsp3) is 0.571. The quantitative estimate of drug-likeness (QED) is 0.847. The summed E-state index contributed by atoms with van der Waals surface area (Å²) in [6.45, 7) is 2.01. The van der Waals surface area contributed by atoms with Gasteiger partial charge < -0.3 is 5.11 Å². The predicted octanol–water partition coefficient (Wildman–Crippen LogP) is 4.16. The smallest absolute Gasteiger partial charge is 0.0787 e. The number of rotatable bonds is 4. The van der Waals surface area contributed by atoms with Crippen molar-refractivity contribution < 1.29 is 5.11 Å². The highest BCUT2D eigenvalue weighted by Crippen LogP contribution is 2.35. The zero-order chi connectivity index (χ0) is 11.4. The van der Waals surface area contributed by atoms with E-state index in [1.54, 1.807) is 0 Å². The van der Waals surface area contributed by atoms with Crippen LogP contribution in [0, 0.1) is 0 Å². The molecule has 0 aromatic heterocycles. The molecule has 0 saturated heterocycles. The summed E-state index contributed by atoms with van der Waals surface area (Å²) >= 11 is 2.00. The Labute approximate surface area is 102 Å². The van der Waals surface area contributed by atoms with Gasteiger partial charge in [-0.05, 0) is 37.0 Å². The molecule has 1 aliphatic rings. The minimum atomic E-state index is -0.300. The molecule has 0 amide bonds. The Balaban J connectivity index is 1.96. The molecule has 0 radical (unpaired) electrons. The van der Waals surface area contributed by atoms with Gasteiger partial charge >= 0.3 is 0 Å². The summed E-state index contributed by atoms with van der Waals surface area (Å²) in [6.07, 6.45) is 6.00. The summed E-state index contributed by atoms with van der Waals surface area (Å²) < 4.78 is 0. The Morgan fingerprint density at radius 2 is 1.88 bits per heavy atom. The van der Waals surface area contributed by atoms with Crippen LogP contribution >= 0.6 is 11.8 Å². The third-order valence-corrected chi connectivity index (χ3v) is 4.61. The summed E-state index contributed by atoms with van der Waals surface area (Å²) in [5.41, 5.74) is 1.04. The molecule has 0 bridgehead atoms. The van der Waals surface area contributed by atoms with E-state index in [0.29, 0.717) is 0 Å². The van der Waals surface area contributed by atoms with Crippen LogP contribution in [0.15, 0.2) is 29.2 Å². The lowest BCUT2D eigenvalue weighted by Gasteiger charge is -2.11. The lowest BCUT2D eigenvalue weighted by Crippen LogP contribution is -1.96. The van der Waals surface area contributed by atoms with Crippen molar-refractivity contribution in [2.45, 2.75) is 55.3 Å². The van der Waals surface area contributed by atoms with Crippen LogP contribution in [0.3, 0.4) is 0 Å². The molecule has 1 aromatic carbocycles. The molecule has 0 spiro atoms. The normalized spacial score (nSPS) is 18.9. The van der Waals surface area contributed by atoms with Gasteiger partial charge in [0.05, 0.1) is 6.10 Å². The first kappa shape index (κ1) is 12.0. The van der Waals surface area contributed by atoms with E-state index in [4.69, 9.17) is 0 Å². The Morgan fingerprint density at radius 1 is 1.25 bits per heavy atom. The van der Waals surface area contributed by atoms with Gasteiger partial charge in [-0.1, -0.05) is 31.9 Å². The molecule has 16 heavy (non-hydrogen) atoms. The summed E-state index contributed by atoms with van der Waals surface area (Å²) in [5.74, 6) is 0. The molecule has 2 rings (SSSR count). The molecular weight excluding hydrogens is 216 g/mol. The molecule has 1 saturated carbocycles. The van der Waals surface area contributed by atoms with Crippen LogP contribution in [0.4, 0.5) is 0 Å². The molecule has 2 heteroatoms. The van der Waals surface area contributed by atoms with Gasteiger partial charge in [-0.15, -0.1) is 11.8 Å². The standard InChI is InChI=1S/C14H20OS/c1-2-14(15)11-7-9-13(10-8-11)16-12-5-3-4-6-12/h7-10,12,14-15H,2-6H2,1H3/t14-/m0/s1. The van der Waals surface area contributed by atoms with Gasteiger partial charge in [-0.3, -0.25) is 0 Å². The summed E-state index contributed by atoms with van der Waals surface area (Å²) in [5, 5.41) is 10.5. The van der Waals surface area contributed by atoms with Gasteiger partial charge in [0.2, 0.25) is 0 Å². The van der Waals surface area contributed by atoms with Gasteiger partial charge in [0.15, 0.2) is 0 Å². The number of hydrogen-bond donors (Lipinski definition) is 1. The van der Waals surface area contributed by atoms with Crippen LogP contribution < -0.4 is 0 Å². The molecule has 0 aliphatic heterocycles. The molecule has 88 valence electrons. The van der Waals surface area contributed by atoms with Crippen LogP contribution in [-0.4, -0.2) is 10.4 Å². The first-order chi connectivity index (χ1) is 7.79. The number of benzene rings is 1. The number of hydrogen-bond acceptors (Lipinski definition) is 2. The van der Waals surface area contributed by atoms with E-state index >= 15 is 0 Å². The molecule has 0 heterocycles. The van der Waals surface area contributed by atoms with Crippen LogP contribution in [0.25, 0.3) is 0 Å². The van der Waals surface area contributed by atoms with E-state index in [9.17, 15) is 5.11 Å². The molecule has 0 unspecified atom stereocenters. The van der Waals surface area contributed by atoms with Crippen LogP contribution in [0.1, 0.15) is 50.7 Å². The van der Waals surface area contributed by atoms with Gasteiger partial charge in [0.25, 0.3) is 0 Å². The van der Waals surface area contributed by atoms with Crippen LogP contribution in [-0.2, 0) is 0 Å². The fourth-order valence-electron chi connectivity index (χ4n) is 2.20. The third-order valence-electron chi connectivity index (χ3n) is 3.26. The molecule has 1 atom stereocenters. The fourth-order valence-corrected chi connectivity index (χ4v) is 3.45. The second kappa shape index (κ2) is 5.74. The zero-order valence-electron chi connectivity index (χ0n) is 9.86. The monoisotopic (exact) mass is 236 g/mol. The van der Waals surface area contributed by atoms with Crippen LogP contribution in [0.5, 0.6) is 0 Å². The van der Waals surface area contributed by atoms with E-state index in [2.05, 4.69) is 24.3 Å². The lowest BCUT2D eigenvalue weighted by atomic mass is 10.1. The van der Waals surface area contributed by atoms with E-state index in [1.165, 1.54) is 30.6 Å². The first-order valence-electron chi connectivity index (χ1n) is 6.24. The minimum Gasteiger partial charge on any atom is -0.388 e. The number of thioether (sulfide) groups is 1. The molecule has 1 aliphatic carbocycles.